The number of amides is 3. The number of nitrogens with zero attached hydrogens (tertiary/aromatic N) is 2. The van der Waals surface area contributed by atoms with Crippen LogP contribution in [-0.2, 0) is 17.8 Å². The molecular formula is C24H27N5O3. The van der Waals surface area contributed by atoms with E-state index in [4.69, 9.17) is 0 Å². The summed E-state index contributed by atoms with van der Waals surface area (Å²) in [5.74, 6) is 0.232. The van der Waals surface area contributed by atoms with Crippen LogP contribution in [0.5, 0.6) is 0 Å². The molecule has 8 nitrogen and oxygen atoms in total. The number of rotatable bonds is 8. The Bertz CT molecular complexity index is 1130. The maximum atomic E-state index is 12.3. The maximum Gasteiger partial charge on any atom is 0.317 e. The standard InChI is InChI=1S/C24H27N5O3/c1-3-19-15-22(31)28-23(27-19)18-10-7-11-20(14-18)26-21(30)12-13-25-24(32)29(2)16-17-8-5-4-6-9-17/h4-11,14-15H,3,12-13,16H2,1-2H3,(H,25,32)(H,26,30)(H,27,28,31). The lowest BCUT2D eigenvalue weighted by Gasteiger charge is -2.18. The van der Waals surface area contributed by atoms with Crippen molar-refractivity contribution in [2.75, 3.05) is 18.9 Å². The molecule has 0 atom stereocenters. The van der Waals surface area contributed by atoms with E-state index in [-0.39, 0.29) is 30.5 Å². The molecule has 0 aliphatic heterocycles. The van der Waals surface area contributed by atoms with E-state index in [1.807, 2.05) is 43.3 Å². The normalized spacial score (nSPS) is 10.4. The second kappa shape index (κ2) is 10.9. The van der Waals surface area contributed by atoms with Crippen molar-refractivity contribution in [1.82, 2.24) is 20.2 Å². The van der Waals surface area contributed by atoms with E-state index in [1.54, 1.807) is 30.1 Å². The van der Waals surface area contributed by atoms with E-state index < -0.39 is 0 Å². The van der Waals surface area contributed by atoms with Crippen LogP contribution in [-0.4, -0.2) is 40.4 Å². The van der Waals surface area contributed by atoms with Gasteiger partial charge in [-0.25, -0.2) is 9.78 Å². The number of benzene rings is 2. The fourth-order valence-corrected chi connectivity index (χ4v) is 3.14. The van der Waals surface area contributed by atoms with Gasteiger partial charge in [-0.2, -0.15) is 0 Å². The molecule has 0 spiro atoms. The third-order valence-electron chi connectivity index (χ3n) is 4.81. The third kappa shape index (κ3) is 6.53. The largest absolute Gasteiger partial charge is 0.337 e. The molecule has 3 N–H and O–H groups in total. The van der Waals surface area contributed by atoms with Gasteiger partial charge >= 0.3 is 6.03 Å². The van der Waals surface area contributed by atoms with Gasteiger partial charge in [-0.05, 0) is 24.1 Å². The molecule has 0 radical (unpaired) electrons. The summed E-state index contributed by atoms with van der Waals surface area (Å²) in [7, 11) is 1.71. The summed E-state index contributed by atoms with van der Waals surface area (Å²) >= 11 is 0. The van der Waals surface area contributed by atoms with Crippen molar-refractivity contribution in [3.63, 3.8) is 0 Å². The summed E-state index contributed by atoms with van der Waals surface area (Å²) in [5, 5.41) is 5.57. The summed E-state index contributed by atoms with van der Waals surface area (Å²) in [4.78, 5) is 45.1. The highest BCUT2D eigenvalue weighted by molar-refractivity contribution is 5.91. The molecule has 1 heterocycles. The van der Waals surface area contributed by atoms with E-state index in [0.717, 1.165) is 5.56 Å². The highest BCUT2D eigenvalue weighted by atomic mass is 16.2. The highest BCUT2D eigenvalue weighted by Gasteiger charge is 2.10. The summed E-state index contributed by atoms with van der Waals surface area (Å²) in [5.41, 5.74) is 2.80. The van der Waals surface area contributed by atoms with Crippen molar-refractivity contribution in [2.45, 2.75) is 26.3 Å². The van der Waals surface area contributed by atoms with Crippen LogP contribution in [0.25, 0.3) is 11.4 Å². The van der Waals surface area contributed by atoms with E-state index in [0.29, 0.717) is 35.7 Å². The molecule has 8 heteroatoms. The molecule has 2 aromatic carbocycles. The van der Waals surface area contributed by atoms with Gasteiger partial charge in [0.05, 0.1) is 0 Å². The molecule has 32 heavy (non-hydrogen) atoms. The second-order valence-corrected chi connectivity index (χ2v) is 7.39. The van der Waals surface area contributed by atoms with Gasteiger partial charge in [0.15, 0.2) is 0 Å². The lowest BCUT2D eigenvalue weighted by Crippen LogP contribution is -2.38. The van der Waals surface area contributed by atoms with Gasteiger partial charge in [0.2, 0.25) is 5.91 Å². The van der Waals surface area contributed by atoms with Gasteiger partial charge in [-0.1, -0.05) is 49.4 Å². The number of carbonyl (C=O) groups excluding carboxylic acids is 2. The lowest BCUT2D eigenvalue weighted by molar-refractivity contribution is -0.116. The Morgan fingerprint density at radius 2 is 1.84 bits per heavy atom. The van der Waals surface area contributed by atoms with E-state index >= 15 is 0 Å². The molecule has 0 unspecified atom stereocenters. The van der Waals surface area contributed by atoms with Crippen LogP contribution in [0.3, 0.4) is 0 Å². The number of aryl methyl sites for hydroxylation is 1. The van der Waals surface area contributed by atoms with Crippen molar-refractivity contribution in [2.24, 2.45) is 0 Å². The summed E-state index contributed by atoms with van der Waals surface area (Å²) in [6.45, 7) is 2.64. The van der Waals surface area contributed by atoms with E-state index in [2.05, 4.69) is 20.6 Å². The first-order chi connectivity index (χ1) is 15.4. The minimum Gasteiger partial charge on any atom is -0.337 e. The summed E-state index contributed by atoms with van der Waals surface area (Å²) < 4.78 is 0. The molecular weight excluding hydrogens is 406 g/mol. The quantitative estimate of drug-likeness (QED) is 0.507. The average Bonchev–Trinajstić information content (AvgIpc) is 2.79. The fraction of sp³-hybridized carbons (Fsp3) is 0.250. The van der Waals surface area contributed by atoms with Gasteiger partial charge in [0.25, 0.3) is 5.56 Å². The van der Waals surface area contributed by atoms with Crippen molar-refractivity contribution < 1.29 is 9.59 Å². The van der Waals surface area contributed by atoms with Gasteiger partial charge in [-0.15, -0.1) is 0 Å². The Morgan fingerprint density at radius 1 is 1.06 bits per heavy atom. The third-order valence-corrected chi connectivity index (χ3v) is 4.81. The molecule has 3 rings (SSSR count). The van der Waals surface area contributed by atoms with E-state index in [1.165, 1.54) is 6.07 Å². The number of hydrogen-bond donors (Lipinski definition) is 3. The Labute approximate surface area is 186 Å². The molecule has 0 saturated carbocycles. The van der Waals surface area contributed by atoms with E-state index in [9.17, 15) is 14.4 Å². The zero-order valence-corrected chi connectivity index (χ0v) is 18.2. The van der Waals surface area contributed by atoms with Crippen LogP contribution in [0, 0.1) is 0 Å². The Kier molecular flexibility index (Phi) is 7.75. The number of carbonyl (C=O) groups is 2. The minimum atomic E-state index is -0.241. The molecule has 0 aliphatic rings. The monoisotopic (exact) mass is 433 g/mol. The smallest absolute Gasteiger partial charge is 0.317 e. The minimum absolute atomic E-state index is 0.134. The zero-order chi connectivity index (χ0) is 22.9. The number of aromatic nitrogens is 2. The van der Waals surface area contributed by atoms with Crippen molar-refractivity contribution in [3.8, 4) is 11.4 Å². The topological polar surface area (TPSA) is 107 Å². The molecule has 0 aliphatic carbocycles. The van der Waals surface area contributed by atoms with Crippen molar-refractivity contribution >= 4 is 17.6 Å². The van der Waals surface area contributed by atoms with Gasteiger partial charge in [0, 0.05) is 49.6 Å². The predicted octanol–water partition coefficient (Wildman–Crippen LogP) is 3.17. The number of nitrogens with one attached hydrogen (secondary N) is 3. The van der Waals surface area contributed by atoms with Crippen molar-refractivity contribution in [3.05, 3.63) is 82.3 Å². The number of aromatic amines is 1. The van der Waals surface area contributed by atoms with Crippen LogP contribution in [0.1, 0.15) is 24.6 Å². The molecule has 3 amide bonds. The second-order valence-electron chi connectivity index (χ2n) is 7.39. The van der Waals surface area contributed by atoms with Crippen LogP contribution in [0.15, 0.2) is 65.5 Å². The Hall–Kier alpha value is -3.94. The first-order valence-corrected chi connectivity index (χ1v) is 10.5. The first-order valence-electron chi connectivity index (χ1n) is 10.5. The summed E-state index contributed by atoms with van der Waals surface area (Å²) in [6.07, 6.45) is 0.787. The average molecular weight is 434 g/mol. The van der Waals surface area contributed by atoms with Crippen LogP contribution in [0.4, 0.5) is 10.5 Å². The van der Waals surface area contributed by atoms with Gasteiger partial charge in [-0.3, -0.25) is 9.59 Å². The number of anilines is 1. The summed E-state index contributed by atoms with van der Waals surface area (Å²) in [6, 6.07) is 18.0. The maximum absolute atomic E-state index is 12.3. The van der Waals surface area contributed by atoms with Gasteiger partial charge in [0.1, 0.15) is 5.82 Å². The number of urea groups is 1. The fourth-order valence-electron chi connectivity index (χ4n) is 3.14. The first kappa shape index (κ1) is 22.7. The number of H-pyrrole nitrogens is 1. The Balaban J connectivity index is 1.51. The van der Waals surface area contributed by atoms with Crippen LogP contribution >= 0.6 is 0 Å². The molecule has 3 aromatic rings. The molecule has 0 bridgehead atoms. The van der Waals surface area contributed by atoms with Gasteiger partial charge < -0.3 is 20.5 Å². The molecule has 1 aromatic heterocycles. The zero-order valence-electron chi connectivity index (χ0n) is 18.2. The molecule has 0 saturated heterocycles. The SMILES string of the molecule is CCc1cc(=O)[nH]c(-c2cccc(NC(=O)CCNC(=O)N(C)Cc3ccccc3)c2)n1. The lowest BCUT2D eigenvalue weighted by atomic mass is 10.1. The molecule has 166 valence electrons. The Morgan fingerprint density at radius 3 is 2.59 bits per heavy atom. The van der Waals surface area contributed by atoms with Crippen LogP contribution in [0.2, 0.25) is 0 Å². The predicted molar refractivity (Wildman–Crippen MR) is 124 cm³/mol. The molecule has 0 fully saturated rings. The van der Waals surface area contributed by atoms with Crippen LogP contribution < -0.4 is 16.2 Å². The highest BCUT2D eigenvalue weighted by Crippen LogP contribution is 2.19. The number of hydrogen-bond acceptors (Lipinski definition) is 4. The van der Waals surface area contributed by atoms with Crippen molar-refractivity contribution in [1.29, 1.82) is 0 Å².